The number of carbonyl (C=O) groups is 1. The van der Waals surface area contributed by atoms with Crippen molar-refractivity contribution in [3.63, 3.8) is 0 Å². The number of benzene rings is 1. The summed E-state index contributed by atoms with van der Waals surface area (Å²) in [6, 6.07) is 6.01. The van der Waals surface area contributed by atoms with E-state index in [1.54, 1.807) is 17.0 Å². The molecule has 2 aromatic heterocycles. The van der Waals surface area contributed by atoms with Gasteiger partial charge in [-0.1, -0.05) is 30.8 Å². The summed E-state index contributed by atoms with van der Waals surface area (Å²) < 4.78 is 37.1. The molecule has 0 N–H and O–H groups in total. The molecule has 0 saturated carbocycles. The Kier molecular flexibility index (Phi) is 6.59. The van der Waals surface area contributed by atoms with Gasteiger partial charge in [-0.2, -0.15) is 0 Å². The number of nitrogens with zero attached hydrogens (tertiary/aromatic N) is 3. The maximum Gasteiger partial charge on any atom is 0.233 e. The Hall–Kier alpha value is -2.04. The second kappa shape index (κ2) is 9.22. The van der Waals surface area contributed by atoms with Crippen LogP contribution < -0.4 is 0 Å². The number of aromatic nitrogens is 2. The molecule has 1 amide bonds. The Bertz CT molecular complexity index is 1200. The van der Waals surface area contributed by atoms with E-state index in [0.29, 0.717) is 18.0 Å². The summed E-state index contributed by atoms with van der Waals surface area (Å²) in [7, 11) is -3.07. The van der Waals surface area contributed by atoms with Crippen molar-refractivity contribution in [3.05, 3.63) is 41.8 Å². The molecule has 1 aromatic carbocycles. The Morgan fingerprint density at radius 3 is 2.74 bits per heavy atom. The molecule has 1 atom stereocenters. The minimum Gasteiger partial charge on any atom is -0.338 e. The molecule has 3 aromatic rings. The Morgan fingerprint density at radius 2 is 2.06 bits per heavy atom. The van der Waals surface area contributed by atoms with E-state index >= 15 is 0 Å². The normalized spacial score (nSPS) is 17.8. The van der Waals surface area contributed by atoms with Crippen LogP contribution in [0.5, 0.6) is 0 Å². The van der Waals surface area contributed by atoms with Gasteiger partial charge in [0.25, 0.3) is 0 Å². The second-order valence-corrected chi connectivity index (χ2v) is 11.5. The van der Waals surface area contributed by atoms with E-state index in [1.165, 1.54) is 41.6 Å². The second-order valence-electron chi connectivity index (χ2n) is 7.45. The number of fused-ring (bicyclic) bond motifs is 1. The van der Waals surface area contributed by atoms with Gasteiger partial charge in [0.2, 0.25) is 5.91 Å². The van der Waals surface area contributed by atoms with E-state index in [9.17, 15) is 17.6 Å². The van der Waals surface area contributed by atoms with Crippen LogP contribution in [0.15, 0.2) is 41.0 Å². The van der Waals surface area contributed by atoms with Crippen LogP contribution in [0, 0.1) is 5.82 Å². The number of carbonyl (C=O) groups excluding carboxylic acids is 1. The predicted molar refractivity (Wildman–Crippen MR) is 123 cm³/mol. The number of amides is 1. The van der Waals surface area contributed by atoms with E-state index in [-0.39, 0.29) is 35.0 Å². The lowest BCUT2D eigenvalue weighted by Gasteiger charge is -2.27. The SMILES string of the molecule is CCCN(C(=O)CSc1ncnc2scc(-c3ccc(F)cc3)c12)C1CCS(=O)(=O)C1. The highest BCUT2D eigenvalue weighted by Crippen LogP contribution is 2.38. The molecule has 1 fully saturated rings. The molecule has 4 rings (SSSR count). The van der Waals surface area contributed by atoms with Gasteiger partial charge in [0.1, 0.15) is 22.0 Å². The first-order valence-electron chi connectivity index (χ1n) is 9.99. The maximum absolute atomic E-state index is 13.3. The summed E-state index contributed by atoms with van der Waals surface area (Å²) in [5, 5.41) is 3.50. The van der Waals surface area contributed by atoms with Crippen molar-refractivity contribution in [1.82, 2.24) is 14.9 Å². The lowest BCUT2D eigenvalue weighted by Crippen LogP contribution is -2.42. The number of thiophene rings is 1. The molecule has 1 saturated heterocycles. The minimum atomic E-state index is -3.07. The average molecular weight is 480 g/mol. The third kappa shape index (κ3) is 4.91. The minimum absolute atomic E-state index is 0.0421. The van der Waals surface area contributed by atoms with E-state index in [0.717, 1.165) is 27.8 Å². The number of rotatable bonds is 7. The van der Waals surface area contributed by atoms with Crippen LogP contribution in [0.1, 0.15) is 19.8 Å². The van der Waals surface area contributed by atoms with Gasteiger partial charge >= 0.3 is 0 Å². The zero-order valence-electron chi connectivity index (χ0n) is 17.0. The fourth-order valence-corrected chi connectivity index (χ4v) is 7.39. The highest BCUT2D eigenvalue weighted by Gasteiger charge is 2.34. The number of thioether (sulfide) groups is 1. The van der Waals surface area contributed by atoms with Crippen molar-refractivity contribution in [2.45, 2.75) is 30.8 Å². The molecule has 0 spiro atoms. The Labute approximate surface area is 188 Å². The number of halogens is 1. The summed E-state index contributed by atoms with van der Waals surface area (Å²) in [6.07, 6.45) is 2.74. The van der Waals surface area contributed by atoms with Gasteiger partial charge in [-0.05, 0) is 30.5 Å². The summed E-state index contributed by atoms with van der Waals surface area (Å²) in [5.41, 5.74) is 1.77. The molecule has 1 aliphatic rings. The van der Waals surface area contributed by atoms with Crippen LogP contribution in [0.25, 0.3) is 21.3 Å². The predicted octanol–water partition coefficient (Wildman–Crippen LogP) is 4.02. The Balaban J connectivity index is 1.56. The molecule has 31 heavy (non-hydrogen) atoms. The third-order valence-corrected chi connectivity index (χ3v) is 8.87. The zero-order chi connectivity index (χ0) is 22.0. The highest BCUT2D eigenvalue weighted by molar-refractivity contribution is 8.00. The van der Waals surface area contributed by atoms with E-state index in [2.05, 4.69) is 9.97 Å². The quantitative estimate of drug-likeness (QED) is 0.376. The van der Waals surface area contributed by atoms with Gasteiger partial charge in [-0.15, -0.1) is 11.3 Å². The summed E-state index contributed by atoms with van der Waals surface area (Å²) in [5.74, 6) is -0.0355. The van der Waals surface area contributed by atoms with Crippen molar-refractivity contribution < 1.29 is 17.6 Å². The monoisotopic (exact) mass is 479 g/mol. The summed E-state index contributed by atoms with van der Waals surface area (Å²) in [6.45, 7) is 2.52. The molecule has 1 unspecified atom stereocenters. The lowest BCUT2D eigenvalue weighted by molar-refractivity contribution is -0.130. The average Bonchev–Trinajstić information content (AvgIpc) is 3.34. The molecular formula is C21H22FN3O3S3. The maximum atomic E-state index is 13.3. The molecule has 0 radical (unpaired) electrons. The number of hydrogen-bond acceptors (Lipinski definition) is 7. The Morgan fingerprint density at radius 1 is 1.29 bits per heavy atom. The topological polar surface area (TPSA) is 80.2 Å². The summed E-state index contributed by atoms with van der Waals surface area (Å²) in [4.78, 5) is 24.2. The highest BCUT2D eigenvalue weighted by atomic mass is 32.2. The van der Waals surface area contributed by atoms with Crippen molar-refractivity contribution >= 4 is 49.1 Å². The van der Waals surface area contributed by atoms with E-state index < -0.39 is 9.84 Å². The largest absolute Gasteiger partial charge is 0.338 e. The van der Waals surface area contributed by atoms with Crippen LogP contribution in [-0.2, 0) is 14.6 Å². The molecule has 1 aliphatic heterocycles. The van der Waals surface area contributed by atoms with Gasteiger partial charge in [-0.25, -0.2) is 22.8 Å². The van der Waals surface area contributed by atoms with E-state index in [4.69, 9.17) is 0 Å². The van der Waals surface area contributed by atoms with Crippen LogP contribution in [0.3, 0.4) is 0 Å². The zero-order valence-corrected chi connectivity index (χ0v) is 19.4. The number of hydrogen-bond donors (Lipinski definition) is 0. The molecular weight excluding hydrogens is 457 g/mol. The van der Waals surface area contributed by atoms with Gasteiger partial charge in [0, 0.05) is 23.5 Å². The van der Waals surface area contributed by atoms with Crippen LogP contribution in [0.4, 0.5) is 4.39 Å². The van der Waals surface area contributed by atoms with Gasteiger partial charge in [0.05, 0.1) is 22.6 Å². The van der Waals surface area contributed by atoms with Crippen LogP contribution >= 0.6 is 23.1 Å². The van der Waals surface area contributed by atoms with Crippen LogP contribution in [-0.4, -0.2) is 59.0 Å². The number of sulfone groups is 1. The summed E-state index contributed by atoms with van der Waals surface area (Å²) >= 11 is 2.80. The van der Waals surface area contributed by atoms with Crippen molar-refractivity contribution in [1.29, 1.82) is 0 Å². The fraction of sp³-hybridized carbons (Fsp3) is 0.381. The van der Waals surface area contributed by atoms with Crippen molar-refractivity contribution in [2.24, 2.45) is 0 Å². The molecule has 3 heterocycles. The first-order chi connectivity index (χ1) is 14.9. The smallest absolute Gasteiger partial charge is 0.233 e. The molecule has 10 heteroatoms. The van der Waals surface area contributed by atoms with Crippen LogP contribution in [0.2, 0.25) is 0 Å². The lowest BCUT2D eigenvalue weighted by atomic mass is 10.1. The standard InChI is InChI=1S/C21H22FN3O3S3/c1-2-8-25(16-7-9-31(27,28)12-16)18(26)11-30-21-19-17(10-29-20(19)23-13-24-21)14-3-5-15(22)6-4-14/h3-6,10,13,16H,2,7-9,11-12H2,1H3. The third-order valence-electron chi connectivity index (χ3n) is 5.26. The molecule has 0 bridgehead atoms. The van der Waals surface area contributed by atoms with Crippen molar-refractivity contribution in [3.8, 4) is 11.1 Å². The first kappa shape index (κ1) is 22.2. The first-order valence-corrected chi connectivity index (χ1v) is 13.7. The molecule has 6 nitrogen and oxygen atoms in total. The molecule has 0 aliphatic carbocycles. The molecule has 164 valence electrons. The van der Waals surface area contributed by atoms with E-state index in [1.807, 2.05) is 12.3 Å². The van der Waals surface area contributed by atoms with Gasteiger partial charge < -0.3 is 4.90 Å². The fourth-order valence-electron chi connectivity index (χ4n) is 3.79. The van der Waals surface area contributed by atoms with Gasteiger partial charge in [-0.3, -0.25) is 4.79 Å². The van der Waals surface area contributed by atoms with Gasteiger partial charge in [0.15, 0.2) is 9.84 Å². The van der Waals surface area contributed by atoms with Crippen molar-refractivity contribution in [2.75, 3.05) is 23.8 Å².